The van der Waals surface area contributed by atoms with Crippen LogP contribution in [0.2, 0.25) is 0 Å². The van der Waals surface area contributed by atoms with Crippen molar-refractivity contribution >= 4 is 0 Å². The van der Waals surface area contributed by atoms with E-state index in [1.807, 2.05) is 0 Å². The predicted molar refractivity (Wildman–Crippen MR) is 138 cm³/mol. The molecule has 0 bridgehead atoms. The summed E-state index contributed by atoms with van der Waals surface area (Å²) < 4.78 is 0. The van der Waals surface area contributed by atoms with Gasteiger partial charge >= 0.3 is 0 Å². The van der Waals surface area contributed by atoms with Crippen molar-refractivity contribution in [2.24, 2.45) is 11.3 Å². The Morgan fingerprint density at radius 3 is 1.83 bits per heavy atom. The summed E-state index contributed by atoms with van der Waals surface area (Å²) in [4.78, 5) is 0. The number of hydrogen-bond donors (Lipinski definition) is 0. The summed E-state index contributed by atoms with van der Waals surface area (Å²) in [6.07, 6.45) is 23.2. The Hall–Kier alpha value is -1.30. The molecule has 0 aromatic heterocycles. The van der Waals surface area contributed by atoms with Gasteiger partial charge in [0, 0.05) is 0 Å². The molecule has 0 heterocycles. The molecule has 170 valence electrons. The molecule has 0 radical (unpaired) electrons. The normalized spacial score (nSPS) is 20.4. The van der Waals surface area contributed by atoms with Crippen molar-refractivity contribution in [3.05, 3.63) is 58.7 Å². The summed E-state index contributed by atoms with van der Waals surface area (Å²) in [5.41, 5.74) is 7.99. The van der Waals surface area contributed by atoms with Crippen LogP contribution in [0.25, 0.3) is 0 Å². The Balaban J connectivity index is 2.29. The molecule has 30 heavy (non-hydrogen) atoms. The fraction of sp³-hybridized carbons (Fsp3) is 0.667. The minimum Gasteiger partial charge on any atom is -0.0996 e. The van der Waals surface area contributed by atoms with Gasteiger partial charge in [0.1, 0.15) is 0 Å². The highest BCUT2D eigenvalue weighted by Gasteiger charge is 2.33. The average Bonchev–Trinajstić information content (AvgIpc) is 2.64. The van der Waals surface area contributed by atoms with Crippen LogP contribution in [0.3, 0.4) is 0 Å². The molecule has 1 unspecified atom stereocenters. The molecule has 1 atom stereocenters. The lowest BCUT2D eigenvalue weighted by molar-refractivity contribution is 0.180. The second-order valence-corrected chi connectivity index (χ2v) is 10.7. The maximum atomic E-state index is 4.39. The van der Waals surface area contributed by atoms with E-state index in [4.69, 9.17) is 0 Å². The molecule has 1 saturated carbocycles. The molecule has 0 N–H and O–H groups in total. The Morgan fingerprint density at radius 2 is 1.30 bits per heavy atom. The maximum absolute atomic E-state index is 4.39. The lowest BCUT2D eigenvalue weighted by Crippen LogP contribution is -2.29. The second kappa shape index (κ2) is 13.9. The molecule has 1 fully saturated rings. The fourth-order valence-electron chi connectivity index (χ4n) is 4.74. The molecule has 0 heteroatoms. The minimum atomic E-state index is 0.438. The highest BCUT2D eigenvalue weighted by molar-refractivity contribution is 5.11. The molecule has 0 aromatic rings. The highest BCUT2D eigenvalue weighted by atomic mass is 14.4. The maximum Gasteiger partial charge on any atom is -0.0152 e. The van der Waals surface area contributed by atoms with Gasteiger partial charge in [0.2, 0.25) is 0 Å². The van der Waals surface area contributed by atoms with Gasteiger partial charge in [-0.2, -0.15) is 0 Å². The third-order valence-corrected chi connectivity index (χ3v) is 6.86. The quantitative estimate of drug-likeness (QED) is 0.222. The third kappa shape index (κ3) is 11.2. The number of rotatable bonds is 12. The molecule has 1 aliphatic rings. The van der Waals surface area contributed by atoms with Gasteiger partial charge in [0.05, 0.1) is 0 Å². The standard InChI is InChI=1S/C30H50/c1-24(2)14-11-17-26(4)19-12-18-25(3)15-9-10-16-27(5)21-22-29-28(6)20-13-23-30(29,7)8/h14-16,19,29H,6,9-13,17-18,20-23H2,1-5,7-8H3. The Kier molecular flexibility index (Phi) is 12.4. The molecule has 1 aliphatic carbocycles. The lowest BCUT2D eigenvalue weighted by atomic mass is 9.65. The molecule has 0 aliphatic heterocycles. The molecule has 0 nitrogen and oxygen atoms in total. The van der Waals surface area contributed by atoms with Crippen LogP contribution in [0.1, 0.15) is 119 Å². The first-order valence-electron chi connectivity index (χ1n) is 12.4. The van der Waals surface area contributed by atoms with Gasteiger partial charge in [-0.15, -0.1) is 0 Å². The van der Waals surface area contributed by atoms with Crippen LogP contribution in [0.4, 0.5) is 0 Å². The molecular weight excluding hydrogens is 360 g/mol. The van der Waals surface area contributed by atoms with E-state index in [0.717, 1.165) is 0 Å². The van der Waals surface area contributed by atoms with Gasteiger partial charge in [-0.05, 0) is 117 Å². The Labute approximate surface area is 189 Å². The number of hydrogen-bond acceptors (Lipinski definition) is 0. The van der Waals surface area contributed by atoms with Crippen molar-refractivity contribution < 1.29 is 0 Å². The van der Waals surface area contributed by atoms with E-state index in [2.05, 4.69) is 79.3 Å². The van der Waals surface area contributed by atoms with Crippen molar-refractivity contribution in [3.8, 4) is 0 Å². The molecule has 0 spiro atoms. The van der Waals surface area contributed by atoms with E-state index >= 15 is 0 Å². The molecule has 0 amide bonds. The van der Waals surface area contributed by atoms with E-state index in [-0.39, 0.29) is 0 Å². The van der Waals surface area contributed by atoms with Crippen LogP contribution in [0.5, 0.6) is 0 Å². The van der Waals surface area contributed by atoms with Crippen LogP contribution in [-0.4, -0.2) is 0 Å². The van der Waals surface area contributed by atoms with E-state index in [1.54, 1.807) is 5.57 Å². The zero-order chi connectivity index (χ0) is 22.6. The van der Waals surface area contributed by atoms with Crippen molar-refractivity contribution in [2.45, 2.75) is 119 Å². The summed E-state index contributed by atoms with van der Waals surface area (Å²) in [5.74, 6) is 0.704. The molecule has 0 saturated heterocycles. The molecular formula is C30H50. The monoisotopic (exact) mass is 410 g/mol. The fourth-order valence-corrected chi connectivity index (χ4v) is 4.74. The number of unbranched alkanes of at least 4 members (excludes halogenated alkanes) is 1. The van der Waals surface area contributed by atoms with Crippen molar-refractivity contribution in [2.75, 3.05) is 0 Å². The van der Waals surface area contributed by atoms with Gasteiger partial charge < -0.3 is 0 Å². The first-order chi connectivity index (χ1) is 14.1. The Bertz CT molecular complexity index is 644. The van der Waals surface area contributed by atoms with Crippen LogP contribution in [-0.2, 0) is 0 Å². The summed E-state index contributed by atoms with van der Waals surface area (Å²) in [6, 6.07) is 0. The molecule has 1 rings (SSSR count). The van der Waals surface area contributed by atoms with E-state index in [0.29, 0.717) is 11.3 Å². The van der Waals surface area contributed by atoms with Crippen molar-refractivity contribution in [3.63, 3.8) is 0 Å². The van der Waals surface area contributed by atoms with Crippen LogP contribution < -0.4 is 0 Å². The van der Waals surface area contributed by atoms with Crippen molar-refractivity contribution in [1.82, 2.24) is 0 Å². The van der Waals surface area contributed by atoms with Crippen LogP contribution in [0.15, 0.2) is 58.7 Å². The Morgan fingerprint density at radius 1 is 0.800 bits per heavy atom. The van der Waals surface area contributed by atoms with Gasteiger partial charge in [0.25, 0.3) is 0 Å². The summed E-state index contributed by atoms with van der Waals surface area (Å²) >= 11 is 0. The smallest absolute Gasteiger partial charge is 0.0152 e. The zero-order valence-electron chi connectivity index (χ0n) is 21.4. The van der Waals surface area contributed by atoms with Crippen LogP contribution >= 0.6 is 0 Å². The molecule has 0 aromatic carbocycles. The van der Waals surface area contributed by atoms with Gasteiger partial charge in [-0.25, -0.2) is 0 Å². The second-order valence-electron chi connectivity index (χ2n) is 10.7. The summed E-state index contributed by atoms with van der Waals surface area (Å²) in [6.45, 7) is 20.5. The van der Waals surface area contributed by atoms with Gasteiger partial charge in [-0.3, -0.25) is 0 Å². The third-order valence-electron chi connectivity index (χ3n) is 6.86. The van der Waals surface area contributed by atoms with Crippen LogP contribution in [0, 0.1) is 11.3 Å². The van der Waals surface area contributed by atoms with Gasteiger partial charge in [0.15, 0.2) is 0 Å². The first-order valence-corrected chi connectivity index (χ1v) is 12.4. The topological polar surface area (TPSA) is 0 Å². The average molecular weight is 411 g/mol. The zero-order valence-corrected chi connectivity index (χ0v) is 21.4. The van der Waals surface area contributed by atoms with Gasteiger partial charge in [-0.1, -0.05) is 72.6 Å². The summed E-state index contributed by atoms with van der Waals surface area (Å²) in [7, 11) is 0. The predicted octanol–water partition coefficient (Wildman–Crippen LogP) is 10.3. The first kappa shape index (κ1) is 26.7. The van der Waals surface area contributed by atoms with E-state index < -0.39 is 0 Å². The summed E-state index contributed by atoms with van der Waals surface area (Å²) in [5, 5.41) is 0. The largest absolute Gasteiger partial charge is 0.0996 e. The minimum absolute atomic E-state index is 0.438. The lowest BCUT2D eigenvalue weighted by Gasteiger charge is -2.40. The number of allylic oxidation sites excluding steroid dienone is 9. The SMILES string of the molecule is C=C1CCCC(C)(C)C1CCC(C)=CCCC=C(C)CCC=C(C)CCC=C(C)C. The van der Waals surface area contributed by atoms with E-state index in [9.17, 15) is 0 Å². The van der Waals surface area contributed by atoms with Crippen molar-refractivity contribution in [1.29, 1.82) is 0 Å². The van der Waals surface area contributed by atoms with E-state index in [1.165, 1.54) is 92.9 Å². The highest BCUT2D eigenvalue weighted by Crippen LogP contribution is 2.45.